The lowest BCUT2D eigenvalue weighted by Crippen LogP contribution is -1.98. The number of carbonyl (C=O) groups is 2. The van der Waals surface area contributed by atoms with Crippen LogP contribution in [0.5, 0.6) is 0 Å². The monoisotopic (exact) mass is 243 g/mol. The molecule has 0 spiro atoms. The molecular weight excluding hydrogens is 238 g/mol. The minimum absolute atomic E-state index is 0.0136. The van der Waals surface area contributed by atoms with Gasteiger partial charge in [-0.15, -0.1) is 0 Å². The zero-order valence-electron chi connectivity index (χ0n) is 7.88. The highest BCUT2D eigenvalue weighted by Crippen LogP contribution is 2.19. The number of hydrogen-bond acceptors (Lipinski definition) is 5. The fourth-order valence-electron chi connectivity index (χ4n) is 1.11. The lowest BCUT2D eigenvalue weighted by Gasteiger charge is -2.01. The standard InChI is InChI=1S/C9H6ClNO5/c10-9(13)7-1-6(4-16-5-12)2-8(3-7)11(14)15/h1-3,5H,4H2. The number of nitro benzene ring substituents is 1. The van der Waals surface area contributed by atoms with Crippen molar-refractivity contribution in [1.29, 1.82) is 0 Å². The first-order valence-corrected chi connectivity index (χ1v) is 4.46. The van der Waals surface area contributed by atoms with Crippen LogP contribution in [0, 0.1) is 10.1 Å². The van der Waals surface area contributed by atoms with Crippen LogP contribution in [0.2, 0.25) is 0 Å². The average molecular weight is 244 g/mol. The van der Waals surface area contributed by atoms with Gasteiger partial charge < -0.3 is 4.74 Å². The van der Waals surface area contributed by atoms with Crippen molar-refractivity contribution in [1.82, 2.24) is 0 Å². The number of ether oxygens (including phenoxy) is 1. The molecule has 6 nitrogen and oxygen atoms in total. The Bertz CT molecular complexity index is 413. The summed E-state index contributed by atoms with van der Waals surface area (Å²) in [4.78, 5) is 30.7. The van der Waals surface area contributed by atoms with E-state index in [0.29, 0.717) is 5.56 Å². The first kappa shape index (κ1) is 12.1. The summed E-state index contributed by atoms with van der Waals surface area (Å²) in [5, 5.41) is 9.73. The van der Waals surface area contributed by atoms with Gasteiger partial charge in [-0.1, -0.05) is 0 Å². The third kappa shape index (κ3) is 3.03. The van der Waals surface area contributed by atoms with E-state index < -0.39 is 10.2 Å². The maximum Gasteiger partial charge on any atom is 0.293 e. The Morgan fingerprint density at radius 3 is 2.69 bits per heavy atom. The van der Waals surface area contributed by atoms with Gasteiger partial charge in [0.2, 0.25) is 0 Å². The highest BCUT2D eigenvalue weighted by molar-refractivity contribution is 6.67. The highest BCUT2D eigenvalue weighted by Gasteiger charge is 2.13. The molecule has 0 aliphatic rings. The summed E-state index contributed by atoms with van der Waals surface area (Å²) in [6.07, 6.45) is 0. The Labute approximate surface area is 94.9 Å². The van der Waals surface area contributed by atoms with Crippen molar-refractivity contribution in [2.45, 2.75) is 6.61 Å². The van der Waals surface area contributed by atoms with Gasteiger partial charge in [0.05, 0.1) is 4.92 Å². The van der Waals surface area contributed by atoms with Crippen molar-refractivity contribution in [2.24, 2.45) is 0 Å². The lowest BCUT2D eigenvalue weighted by atomic mass is 10.1. The van der Waals surface area contributed by atoms with Crippen molar-refractivity contribution in [3.63, 3.8) is 0 Å². The second-order valence-corrected chi connectivity index (χ2v) is 3.17. The van der Waals surface area contributed by atoms with Gasteiger partial charge in [0, 0.05) is 17.7 Å². The van der Waals surface area contributed by atoms with Crippen LogP contribution in [-0.4, -0.2) is 16.6 Å². The van der Waals surface area contributed by atoms with E-state index in [1.54, 1.807) is 0 Å². The van der Waals surface area contributed by atoms with Gasteiger partial charge in [-0.05, 0) is 23.2 Å². The predicted molar refractivity (Wildman–Crippen MR) is 54.1 cm³/mol. The van der Waals surface area contributed by atoms with Crippen LogP contribution in [0.3, 0.4) is 0 Å². The number of hydrogen-bond donors (Lipinski definition) is 0. The Balaban J connectivity index is 3.13. The van der Waals surface area contributed by atoms with Gasteiger partial charge in [0.1, 0.15) is 6.61 Å². The average Bonchev–Trinajstić information content (AvgIpc) is 2.25. The van der Waals surface area contributed by atoms with Crippen LogP contribution in [0.1, 0.15) is 15.9 Å². The largest absolute Gasteiger partial charge is 0.463 e. The molecule has 0 atom stereocenters. The van der Waals surface area contributed by atoms with Gasteiger partial charge in [0.15, 0.2) is 0 Å². The minimum atomic E-state index is -0.809. The second kappa shape index (κ2) is 5.22. The van der Waals surface area contributed by atoms with Crippen LogP contribution in [-0.2, 0) is 16.1 Å². The fraction of sp³-hybridized carbons (Fsp3) is 0.111. The molecule has 0 heterocycles. The van der Waals surface area contributed by atoms with Crippen LogP contribution >= 0.6 is 11.6 Å². The Morgan fingerprint density at radius 1 is 1.50 bits per heavy atom. The van der Waals surface area contributed by atoms with E-state index in [1.165, 1.54) is 12.1 Å². The van der Waals surface area contributed by atoms with Crippen LogP contribution < -0.4 is 0 Å². The number of nitrogens with zero attached hydrogens (tertiary/aromatic N) is 1. The molecule has 7 heteroatoms. The van der Waals surface area contributed by atoms with Gasteiger partial charge in [-0.2, -0.15) is 0 Å². The molecule has 84 valence electrons. The maximum absolute atomic E-state index is 10.9. The first-order valence-electron chi connectivity index (χ1n) is 4.08. The van der Waals surface area contributed by atoms with E-state index in [9.17, 15) is 19.7 Å². The summed E-state index contributed by atoms with van der Waals surface area (Å²) in [6.45, 7) is 0.0589. The van der Waals surface area contributed by atoms with Crippen molar-refractivity contribution < 1.29 is 19.2 Å². The topological polar surface area (TPSA) is 86.5 Å². The maximum atomic E-state index is 10.9. The summed E-state index contributed by atoms with van der Waals surface area (Å²) in [5.41, 5.74) is 0.0293. The van der Waals surface area contributed by atoms with Crippen LogP contribution in [0.25, 0.3) is 0 Å². The van der Waals surface area contributed by atoms with Crippen LogP contribution in [0.4, 0.5) is 5.69 Å². The number of rotatable bonds is 5. The van der Waals surface area contributed by atoms with E-state index in [1.807, 2.05) is 0 Å². The summed E-state index contributed by atoms with van der Waals surface area (Å²) in [7, 11) is 0. The molecule has 1 aromatic rings. The summed E-state index contributed by atoms with van der Waals surface area (Å²) >= 11 is 5.21. The van der Waals surface area contributed by atoms with Crippen molar-refractivity contribution in [3.05, 3.63) is 39.4 Å². The van der Waals surface area contributed by atoms with Gasteiger partial charge in [-0.25, -0.2) is 0 Å². The van der Waals surface area contributed by atoms with E-state index in [4.69, 9.17) is 11.6 Å². The molecule has 0 N–H and O–H groups in total. The van der Waals surface area contributed by atoms with Crippen molar-refractivity contribution in [2.75, 3.05) is 0 Å². The third-order valence-electron chi connectivity index (χ3n) is 1.73. The molecule has 0 bridgehead atoms. The number of benzene rings is 1. The summed E-state index contributed by atoms with van der Waals surface area (Å²) in [6, 6.07) is 3.58. The van der Waals surface area contributed by atoms with E-state index in [0.717, 1.165) is 6.07 Å². The molecule has 0 unspecified atom stereocenters. The number of nitro groups is 1. The summed E-state index contributed by atoms with van der Waals surface area (Å²) in [5.74, 6) is 0. The fourth-order valence-corrected chi connectivity index (χ4v) is 1.22. The normalized spacial score (nSPS) is 9.56. The second-order valence-electron chi connectivity index (χ2n) is 2.83. The molecule has 0 fully saturated rings. The molecule has 0 amide bonds. The Hall–Kier alpha value is -1.95. The summed E-state index contributed by atoms with van der Waals surface area (Å²) < 4.78 is 4.43. The Morgan fingerprint density at radius 2 is 2.19 bits per heavy atom. The van der Waals surface area contributed by atoms with Gasteiger partial charge in [-0.3, -0.25) is 19.7 Å². The van der Waals surface area contributed by atoms with E-state index in [-0.39, 0.29) is 24.3 Å². The molecule has 0 aliphatic heterocycles. The molecule has 0 saturated heterocycles. The quantitative estimate of drug-likeness (QED) is 0.340. The van der Waals surface area contributed by atoms with Gasteiger partial charge in [0.25, 0.3) is 17.4 Å². The SMILES string of the molecule is O=COCc1cc(C(=O)Cl)cc([N+](=O)[O-])c1. The van der Waals surface area contributed by atoms with Crippen molar-refractivity contribution in [3.8, 4) is 0 Å². The number of non-ortho nitro benzene ring substituents is 1. The van der Waals surface area contributed by atoms with Crippen molar-refractivity contribution >= 4 is 29.0 Å². The Kier molecular flexibility index (Phi) is 3.96. The zero-order valence-corrected chi connectivity index (χ0v) is 8.64. The number of carbonyl (C=O) groups excluding carboxylic acids is 2. The highest BCUT2D eigenvalue weighted by atomic mass is 35.5. The van der Waals surface area contributed by atoms with Crippen LogP contribution in [0.15, 0.2) is 18.2 Å². The molecule has 0 radical (unpaired) electrons. The smallest absolute Gasteiger partial charge is 0.293 e. The molecule has 1 aromatic carbocycles. The zero-order chi connectivity index (χ0) is 12.1. The minimum Gasteiger partial charge on any atom is -0.463 e. The molecule has 0 aliphatic carbocycles. The third-order valence-corrected chi connectivity index (χ3v) is 1.95. The first-order chi connectivity index (χ1) is 7.54. The molecular formula is C9H6ClNO5. The molecule has 0 saturated carbocycles. The predicted octanol–water partition coefficient (Wildman–Crippen LogP) is 1.65. The molecule has 1 rings (SSSR count). The lowest BCUT2D eigenvalue weighted by molar-refractivity contribution is -0.385. The van der Waals surface area contributed by atoms with E-state index in [2.05, 4.69) is 4.74 Å². The van der Waals surface area contributed by atoms with E-state index >= 15 is 0 Å². The molecule has 0 aromatic heterocycles. The molecule has 16 heavy (non-hydrogen) atoms. The van der Waals surface area contributed by atoms with Gasteiger partial charge >= 0.3 is 0 Å². The number of halogens is 1.